The van der Waals surface area contributed by atoms with E-state index in [-0.39, 0.29) is 52.6 Å². The number of rotatable bonds is 5. The Balaban J connectivity index is 1.69. The van der Waals surface area contributed by atoms with Crippen LogP contribution in [-0.2, 0) is 20.0 Å². The van der Waals surface area contributed by atoms with Crippen LogP contribution in [0.2, 0.25) is 0 Å². The summed E-state index contributed by atoms with van der Waals surface area (Å²) in [5.41, 5.74) is -1.87. The summed E-state index contributed by atoms with van der Waals surface area (Å²) in [5, 5.41) is 2.81. The van der Waals surface area contributed by atoms with Crippen molar-refractivity contribution in [1.82, 2.24) is 10.3 Å². The molecular formula is C23H24F3N3O5S. The summed E-state index contributed by atoms with van der Waals surface area (Å²) in [6.07, 6.45) is 2.73. The third-order valence-corrected chi connectivity index (χ3v) is 8.14. The van der Waals surface area contributed by atoms with Gasteiger partial charge < -0.3 is 10.1 Å². The zero-order valence-electron chi connectivity index (χ0n) is 19.3. The van der Waals surface area contributed by atoms with Crippen molar-refractivity contribution in [1.29, 1.82) is 0 Å². The molecule has 0 radical (unpaired) electrons. The van der Waals surface area contributed by atoms with Gasteiger partial charge in [0.25, 0.3) is 5.91 Å². The Labute approximate surface area is 200 Å². The SMILES string of the molecule is CC1(NC(=O)c2cc(F)c3c(c2)C(C)(C)C(=O)N3c2cncc(OC(F)F)c2)CCS(=O)(=O)CC1. The molecule has 1 saturated heterocycles. The minimum absolute atomic E-state index is 0.0217. The lowest BCUT2D eigenvalue weighted by molar-refractivity contribution is -0.121. The van der Waals surface area contributed by atoms with Gasteiger partial charge in [-0.15, -0.1) is 0 Å². The zero-order valence-corrected chi connectivity index (χ0v) is 20.1. The number of pyridine rings is 1. The molecule has 0 bridgehead atoms. The molecule has 8 nitrogen and oxygen atoms in total. The van der Waals surface area contributed by atoms with Gasteiger partial charge in [-0.3, -0.25) is 19.5 Å². The Kier molecular flexibility index (Phi) is 6.06. The quantitative estimate of drug-likeness (QED) is 0.659. The Hall–Kier alpha value is -3.15. The van der Waals surface area contributed by atoms with Gasteiger partial charge >= 0.3 is 6.61 Å². The Morgan fingerprint density at radius 2 is 1.80 bits per heavy atom. The van der Waals surface area contributed by atoms with Crippen molar-refractivity contribution >= 4 is 33.0 Å². The summed E-state index contributed by atoms with van der Waals surface area (Å²) < 4.78 is 68.5. The molecule has 0 atom stereocenters. The topological polar surface area (TPSA) is 106 Å². The van der Waals surface area contributed by atoms with Crippen molar-refractivity contribution in [3.05, 3.63) is 47.5 Å². The van der Waals surface area contributed by atoms with Crippen molar-refractivity contribution in [3.8, 4) is 5.75 Å². The van der Waals surface area contributed by atoms with Crippen LogP contribution < -0.4 is 15.0 Å². The highest BCUT2D eigenvalue weighted by molar-refractivity contribution is 7.91. The minimum atomic E-state index is -3.14. The van der Waals surface area contributed by atoms with Crippen LogP contribution in [0.1, 0.15) is 49.5 Å². The first kappa shape index (κ1) is 25.0. The van der Waals surface area contributed by atoms with Crippen LogP contribution in [0.15, 0.2) is 30.6 Å². The molecule has 188 valence electrons. The standard InChI is InChI=1S/C23H24F3N3O5S/c1-22(2)16-8-13(19(30)28-23(3)4-6-35(32,33)7-5-23)9-17(24)18(16)29(20(22)31)14-10-15(12-27-11-14)34-21(25)26/h8-12,21H,4-7H2,1-3H3,(H,28,30). The highest BCUT2D eigenvalue weighted by atomic mass is 32.2. The third kappa shape index (κ3) is 4.71. The molecule has 2 aromatic rings. The van der Waals surface area contributed by atoms with E-state index in [0.29, 0.717) is 0 Å². The molecule has 35 heavy (non-hydrogen) atoms. The van der Waals surface area contributed by atoms with E-state index in [1.807, 2.05) is 0 Å². The second kappa shape index (κ2) is 8.51. The predicted molar refractivity (Wildman–Crippen MR) is 121 cm³/mol. The number of aromatic nitrogens is 1. The van der Waals surface area contributed by atoms with Crippen LogP contribution in [0.3, 0.4) is 0 Å². The van der Waals surface area contributed by atoms with Crippen molar-refractivity contribution in [2.45, 2.75) is 51.2 Å². The molecule has 0 aliphatic carbocycles. The number of hydrogen-bond acceptors (Lipinski definition) is 6. The number of hydrogen-bond donors (Lipinski definition) is 1. The largest absolute Gasteiger partial charge is 0.433 e. The number of alkyl halides is 2. The lowest BCUT2D eigenvalue weighted by Crippen LogP contribution is -2.51. The van der Waals surface area contributed by atoms with Gasteiger partial charge in [-0.1, -0.05) is 0 Å². The summed E-state index contributed by atoms with van der Waals surface area (Å²) in [5.74, 6) is -2.39. The first-order valence-corrected chi connectivity index (χ1v) is 12.7. The molecule has 0 spiro atoms. The fraction of sp³-hybridized carbons (Fsp3) is 0.435. The van der Waals surface area contributed by atoms with Gasteiger partial charge in [-0.2, -0.15) is 8.78 Å². The Bertz CT molecular complexity index is 1300. The van der Waals surface area contributed by atoms with Crippen molar-refractivity contribution in [2.75, 3.05) is 16.4 Å². The molecular weight excluding hydrogens is 487 g/mol. The van der Waals surface area contributed by atoms with Gasteiger partial charge in [-0.25, -0.2) is 12.8 Å². The highest BCUT2D eigenvalue weighted by Gasteiger charge is 2.47. The first-order valence-electron chi connectivity index (χ1n) is 10.8. The zero-order chi connectivity index (χ0) is 25.8. The number of benzene rings is 1. The fourth-order valence-corrected chi connectivity index (χ4v) is 6.06. The van der Waals surface area contributed by atoms with E-state index in [9.17, 15) is 26.8 Å². The monoisotopic (exact) mass is 511 g/mol. The van der Waals surface area contributed by atoms with Crippen LogP contribution in [-0.4, -0.2) is 48.9 Å². The number of nitrogens with zero attached hydrogens (tertiary/aromatic N) is 2. The van der Waals surface area contributed by atoms with Gasteiger partial charge in [0.1, 0.15) is 21.4 Å². The smallest absolute Gasteiger partial charge is 0.387 e. The summed E-state index contributed by atoms with van der Waals surface area (Å²) in [6, 6.07) is 3.56. The van der Waals surface area contributed by atoms with Gasteiger partial charge in [0.05, 0.1) is 40.7 Å². The summed E-state index contributed by atoms with van der Waals surface area (Å²) in [6.45, 7) is 1.76. The number of carbonyl (C=O) groups excluding carboxylic acids is 2. The highest BCUT2D eigenvalue weighted by Crippen LogP contribution is 2.47. The minimum Gasteiger partial charge on any atom is -0.433 e. The normalized spacial score (nSPS) is 20.0. The summed E-state index contributed by atoms with van der Waals surface area (Å²) in [7, 11) is -3.14. The van der Waals surface area contributed by atoms with Crippen LogP contribution in [0.4, 0.5) is 24.5 Å². The number of anilines is 2. The molecule has 0 saturated carbocycles. The van der Waals surface area contributed by atoms with Crippen molar-refractivity contribution < 1.29 is 35.9 Å². The van der Waals surface area contributed by atoms with Crippen LogP contribution in [0.25, 0.3) is 0 Å². The predicted octanol–water partition coefficient (Wildman–Crippen LogP) is 3.48. The molecule has 1 N–H and O–H groups in total. The van der Waals surface area contributed by atoms with Crippen molar-refractivity contribution in [2.24, 2.45) is 0 Å². The lowest BCUT2D eigenvalue weighted by Gasteiger charge is -2.34. The molecule has 0 unspecified atom stereocenters. The molecule has 3 heterocycles. The van der Waals surface area contributed by atoms with E-state index in [2.05, 4.69) is 15.0 Å². The maximum absolute atomic E-state index is 15.4. The molecule has 12 heteroatoms. The van der Waals surface area contributed by atoms with Gasteiger partial charge in [0.2, 0.25) is 5.91 Å². The molecule has 1 aromatic heterocycles. The maximum Gasteiger partial charge on any atom is 0.387 e. The third-order valence-electron chi connectivity index (χ3n) is 6.49. The molecule has 2 aliphatic heterocycles. The van der Waals surface area contributed by atoms with E-state index in [1.165, 1.54) is 12.3 Å². The number of amides is 2. The number of sulfone groups is 1. The number of nitrogens with one attached hydrogen (secondary N) is 1. The van der Waals surface area contributed by atoms with Gasteiger partial charge in [0, 0.05) is 17.2 Å². The van der Waals surface area contributed by atoms with E-state index in [0.717, 1.165) is 23.2 Å². The molecule has 4 rings (SSSR count). The van der Waals surface area contributed by atoms with Crippen molar-refractivity contribution in [3.63, 3.8) is 0 Å². The average molecular weight is 512 g/mol. The maximum atomic E-state index is 15.4. The first-order chi connectivity index (χ1) is 16.2. The van der Waals surface area contributed by atoms with Gasteiger partial charge in [-0.05, 0) is 51.3 Å². The Morgan fingerprint density at radius 1 is 1.14 bits per heavy atom. The van der Waals surface area contributed by atoms with Crippen LogP contribution >= 0.6 is 0 Å². The Morgan fingerprint density at radius 3 is 2.43 bits per heavy atom. The molecule has 1 aromatic carbocycles. The summed E-state index contributed by atoms with van der Waals surface area (Å²) in [4.78, 5) is 31.1. The second-order valence-corrected chi connectivity index (χ2v) is 11.8. The van der Waals surface area contributed by atoms with Crippen LogP contribution in [0.5, 0.6) is 5.75 Å². The number of fused-ring (bicyclic) bond motifs is 1. The molecule has 1 fully saturated rings. The van der Waals surface area contributed by atoms with E-state index in [4.69, 9.17) is 0 Å². The van der Waals surface area contributed by atoms with E-state index in [1.54, 1.807) is 20.8 Å². The second-order valence-electron chi connectivity index (χ2n) is 9.54. The van der Waals surface area contributed by atoms with Gasteiger partial charge in [0.15, 0.2) is 0 Å². The van der Waals surface area contributed by atoms with E-state index < -0.39 is 45.0 Å². The van der Waals surface area contributed by atoms with E-state index >= 15 is 4.39 Å². The fourth-order valence-electron chi connectivity index (χ4n) is 4.33. The van der Waals surface area contributed by atoms with Crippen LogP contribution in [0, 0.1) is 5.82 Å². The summed E-state index contributed by atoms with van der Waals surface area (Å²) >= 11 is 0. The number of carbonyl (C=O) groups is 2. The molecule has 2 aliphatic rings. The molecule has 2 amide bonds. The number of ether oxygens (including phenoxy) is 1. The average Bonchev–Trinajstić information content (AvgIpc) is 2.97. The number of halogens is 3. The lowest BCUT2D eigenvalue weighted by atomic mass is 9.85.